The third-order valence-electron chi connectivity index (χ3n) is 3.86. The van der Waals surface area contributed by atoms with E-state index in [0.717, 1.165) is 37.6 Å². The summed E-state index contributed by atoms with van der Waals surface area (Å²) >= 11 is 6.10. The van der Waals surface area contributed by atoms with Crippen LogP contribution in [0.4, 0.5) is 0 Å². The number of rotatable bonds is 6. The minimum Gasteiger partial charge on any atom is -0.377 e. The average molecular weight is 297 g/mol. The molecule has 2 atom stereocenters. The molecule has 3 nitrogen and oxygen atoms in total. The van der Waals surface area contributed by atoms with E-state index in [1.165, 1.54) is 12.0 Å². The molecule has 2 rings (SSSR count). The van der Waals surface area contributed by atoms with Crippen LogP contribution in [0.25, 0.3) is 0 Å². The molecule has 20 heavy (non-hydrogen) atoms. The number of benzene rings is 1. The Balaban J connectivity index is 2.03. The summed E-state index contributed by atoms with van der Waals surface area (Å²) in [7, 11) is 0. The minimum absolute atomic E-state index is 0.238. The first-order valence-corrected chi connectivity index (χ1v) is 7.93. The summed E-state index contributed by atoms with van der Waals surface area (Å²) in [5.74, 6) is 0. The highest BCUT2D eigenvalue weighted by molar-refractivity contribution is 6.30. The van der Waals surface area contributed by atoms with Gasteiger partial charge in [-0.3, -0.25) is 4.90 Å². The lowest BCUT2D eigenvalue weighted by Crippen LogP contribution is -2.44. The van der Waals surface area contributed by atoms with Crippen molar-refractivity contribution in [1.82, 2.24) is 4.90 Å². The zero-order chi connectivity index (χ0) is 14.4. The third-order valence-corrected chi connectivity index (χ3v) is 4.10. The molecule has 4 heteroatoms. The molecule has 2 N–H and O–H groups in total. The van der Waals surface area contributed by atoms with Crippen LogP contribution in [0.5, 0.6) is 0 Å². The Morgan fingerprint density at radius 2 is 2.35 bits per heavy atom. The van der Waals surface area contributed by atoms with E-state index in [1.54, 1.807) is 0 Å². The maximum absolute atomic E-state index is 6.10. The summed E-state index contributed by atoms with van der Waals surface area (Å²) in [6.07, 6.45) is 3.75. The lowest BCUT2D eigenvalue weighted by Gasteiger charge is -2.38. The van der Waals surface area contributed by atoms with E-state index in [0.29, 0.717) is 12.6 Å². The summed E-state index contributed by atoms with van der Waals surface area (Å²) < 4.78 is 5.91. The number of halogens is 1. The van der Waals surface area contributed by atoms with E-state index in [9.17, 15) is 0 Å². The predicted octanol–water partition coefficient (Wildman–Crippen LogP) is 3.23. The topological polar surface area (TPSA) is 38.5 Å². The van der Waals surface area contributed by atoms with Gasteiger partial charge in [0, 0.05) is 30.8 Å². The van der Waals surface area contributed by atoms with Gasteiger partial charge in [-0.1, -0.05) is 30.7 Å². The second-order valence-corrected chi connectivity index (χ2v) is 5.87. The zero-order valence-electron chi connectivity index (χ0n) is 12.2. The van der Waals surface area contributed by atoms with Crippen molar-refractivity contribution in [3.05, 3.63) is 34.9 Å². The Hall–Kier alpha value is -0.610. The highest BCUT2D eigenvalue weighted by Crippen LogP contribution is 2.26. The van der Waals surface area contributed by atoms with Crippen molar-refractivity contribution in [2.45, 2.75) is 38.3 Å². The van der Waals surface area contributed by atoms with Crippen molar-refractivity contribution >= 4 is 11.6 Å². The molecule has 1 aromatic rings. The molecule has 112 valence electrons. The minimum atomic E-state index is 0.238. The molecular weight excluding hydrogens is 272 g/mol. The number of hydrogen-bond acceptors (Lipinski definition) is 3. The zero-order valence-corrected chi connectivity index (χ0v) is 13.0. The van der Waals surface area contributed by atoms with Crippen LogP contribution in [0, 0.1) is 0 Å². The number of ether oxygens (including phenoxy) is 1. The number of likely N-dealkylation sites (tertiary alicyclic amines) is 1. The van der Waals surface area contributed by atoms with E-state index >= 15 is 0 Å². The van der Waals surface area contributed by atoms with Crippen LogP contribution in [0.1, 0.15) is 37.8 Å². The highest BCUT2D eigenvalue weighted by Gasteiger charge is 2.26. The van der Waals surface area contributed by atoms with Crippen LogP contribution >= 0.6 is 11.6 Å². The molecule has 1 aliphatic rings. The van der Waals surface area contributed by atoms with Gasteiger partial charge in [0.25, 0.3) is 0 Å². The van der Waals surface area contributed by atoms with Gasteiger partial charge in [-0.2, -0.15) is 0 Å². The summed E-state index contributed by atoms with van der Waals surface area (Å²) in [6, 6.07) is 8.27. The van der Waals surface area contributed by atoms with Crippen LogP contribution in [0.2, 0.25) is 5.02 Å². The Morgan fingerprint density at radius 3 is 3.05 bits per heavy atom. The quantitative estimate of drug-likeness (QED) is 0.876. The van der Waals surface area contributed by atoms with Gasteiger partial charge in [0.05, 0.1) is 6.10 Å². The van der Waals surface area contributed by atoms with Gasteiger partial charge in [-0.15, -0.1) is 0 Å². The van der Waals surface area contributed by atoms with Gasteiger partial charge in [-0.25, -0.2) is 0 Å². The van der Waals surface area contributed by atoms with Crippen LogP contribution in [-0.2, 0) is 4.74 Å². The van der Waals surface area contributed by atoms with E-state index in [4.69, 9.17) is 22.1 Å². The van der Waals surface area contributed by atoms with E-state index in [-0.39, 0.29) is 6.04 Å². The smallest absolute Gasteiger partial charge is 0.0702 e. The van der Waals surface area contributed by atoms with Crippen molar-refractivity contribution in [2.24, 2.45) is 5.73 Å². The maximum Gasteiger partial charge on any atom is 0.0702 e. The standard InChI is InChI=1S/C16H25ClN2O/c1-2-9-20-15-7-4-8-19(12-15)16(11-18)13-5-3-6-14(17)10-13/h3,5-6,10,15-16H,2,4,7-9,11-12,18H2,1H3. The molecule has 0 aromatic heterocycles. The molecule has 0 saturated carbocycles. The van der Waals surface area contributed by atoms with Crippen molar-refractivity contribution in [3.63, 3.8) is 0 Å². The Labute approximate surface area is 127 Å². The van der Waals surface area contributed by atoms with Gasteiger partial charge in [-0.05, 0) is 43.5 Å². The van der Waals surface area contributed by atoms with Crippen molar-refractivity contribution in [3.8, 4) is 0 Å². The van der Waals surface area contributed by atoms with Crippen LogP contribution in [0.15, 0.2) is 24.3 Å². The van der Waals surface area contributed by atoms with Gasteiger partial charge >= 0.3 is 0 Å². The fraction of sp³-hybridized carbons (Fsp3) is 0.625. The van der Waals surface area contributed by atoms with E-state index in [1.807, 2.05) is 18.2 Å². The Morgan fingerprint density at radius 1 is 1.50 bits per heavy atom. The van der Waals surface area contributed by atoms with Gasteiger partial charge in [0.2, 0.25) is 0 Å². The molecular formula is C16H25ClN2O. The predicted molar refractivity (Wildman–Crippen MR) is 84.1 cm³/mol. The summed E-state index contributed by atoms with van der Waals surface area (Å²) in [5, 5.41) is 0.775. The lowest BCUT2D eigenvalue weighted by atomic mass is 10.0. The fourth-order valence-electron chi connectivity index (χ4n) is 2.88. The van der Waals surface area contributed by atoms with Crippen LogP contribution in [-0.4, -0.2) is 37.2 Å². The van der Waals surface area contributed by atoms with Crippen LogP contribution in [0.3, 0.4) is 0 Å². The molecule has 1 aromatic carbocycles. The fourth-order valence-corrected chi connectivity index (χ4v) is 3.08. The molecule has 0 amide bonds. The molecule has 1 aliphatic heterocycles. The number of nitrogens with zero attached hydrogens (tertiary/aromatic N) is 1. The largest absolute Gasteiger partial charge is 0.377 e. The molecule has 0 radical (unpaired) electrons. The Kier molecular flexibility index (Phi) is 6.30. The first-order chi connectivity index (χ1) is 9.74. The number of piperidine rings is 1. The normalized spacial score (nSPS) is 21.9. The molecule has 2 unspecified atom stereocenters. The van der Waals surface area contributed by atoms with Crippen molar-refractivity contribution in [1.29, 1.82) is 0 Å². The molecule has 0 aliphatic carbocycles. The first-order valence-electron chi connectivity index (χ1n) is 7.55. The summed E-state index contributed by atoms with van der Waals surface area (Å²) in [6.45, 7) is 5.66. The monoisotopic (exact) mass is 296 g/mol. The van der Waals surface area contributed by atoms with Crippen LogP contribution < -0.4 is 5.73 Å². The van der Waals surface area contributed by atoms with Gasteiger partial charge < -0.3 is 10.5 Å². The van der Waals surface area contributed by atoms with Crippen molar-refractivity contribution < 1.29 is 4.74 Å². The second kappa shape index (κ2) is 7.99. The molecule has 1 fully saturated rings. The summed E-state index contributed by atoms with van der Waals surface area (Å²) in [4.78, 5) is 2.44. The molecule has 1 saturated heterocycles. The average Bonchev–Trinajstić information content (AvgIpc) is 2.46. The van der Waals surface area contributed by atoms with E-state index in [2.05, 4.69) is 17.9 Å². The first kappa shape index (κ1) is 15.8. The second-order valence-electron chi connectivity index (χ2n) is 5.44. The van der Waals surface area contributed by atoms with Gasteiger partial charge in [0.15, 0.2) is 0 Å². The van der Waals surface area contributed by atoms with Crippen molar-refractivity contribution in [2.75, 3.05) is 26.2 Å². The Bertz CT molecular complexity index is 413. The highest BCUT2D eigenvalue weighted by atomic mass is 35.5. The van der Waals surface area contributed by atoms with E-state index < -0.39 is 0 Å². The molecule has 1 heterocycles. The van der Waals surface area contributed by atoms with Gasteiger partial charge in [0.1, 0.15) is 0 Å². The maximum atomic E-state index is 6.10. The summed E-state index contributed by atoms with van der Waals surface area (Å²) in [5.41, 5.74) is 7.21. The lowest BCUT2D eigenvalue weighted by molar-refractivity contribution is -0.0118. The number of hydrogen-bond donors (Lipinski definition) is 1. The molecule has 0 bridgehead atoms. The number of nitrogens with two attached hydrogens (primary N) is 1. The third kappa shape index (κ3) is 4.19. The SMILES string of the molecule is CCCOC1CCCN(C(CN)c2cccc(Cl)c2)C1. The molecule has 0 spiro atoms.